The van der Waals surface area contributed by atoms with Crippen LogP contribution in [0.4, 0.5) is 0 Å². The van der Waals surface area contributed by atoms with Gasteiger partial charge < -0.3 is 52.8 Å². The minimum absolute atomic E-state index is 0.0106. The van der Waals surface area contributed by atoms with Gasteiger partial charge in [0.05, 0.1) is 126 Å². The highest BCUT2D eigenvalue weighted by Gasteiger charge is 2.33. The van der Waals surface area contributed by atoms with Crippen molar-refractivity contribution in [1.29, 1.82) is 0 Å². The van der Waals surface area contributed by atoms with E-state index in [0.717, 1.165) is 0 Å². The number of hydrogen-bond acceptors (Lipinski definition) is 11. The normalized spacial score (nSPS) is 19.9. The van der Waals surface area contributed by atoms with E-state index in [1.165, 1.54) is 0 Å². The van der Waals surface area contributed by atoms with E-state index in [4.69, 9.17) is 52.8 Å². The lowest BCUT2D eigenvalue weighted by Crippen LogP contribution is -2.48. The second kappa shape index (κ2) is 21.4. The van der Waals surface area contributed by atoms with Gasteiger partial charge in [0.1, 0.15) is 5.60 Å². The first kappa shape index (κ1) is 28.6. The van der Waals surface area contributed by atoms with E-state index in [1.54, 1.807) is 0 Å². The molecule has 0 radical (unpaired) electrons. The van der Waals surface area contributed by atoms with E-state index >= 15 is 0 Å². The van der Waals surface area contributed by atoms with Crippen molar-refractivity contribution in [2.24, 2.45) is 0 Å². The molecule has 0 aliphatic carbocycles. The van der Waals surface area contributed by atoms with Crippen LogP contribution in [0.2, 0.25) is 0 Å². The average Bonchev–Trinajstić information content (AvgIpc) is 2.77. The minimum Gasteiger partial charge on any atom is -0.394 e. The molecule has 1 heterocycles. The first-order valence-corrected chi connectivity index (χ1v) is 10.8. The summed E-state index contributed by atoms with van der Waals surface area (Å²) in [5.41, 5.74) is -0.855. The van der Waals surface area contributed by atoms with Gasteiger partial charge >= 0.3 is 0 Å². The van der Waals surface area contributed by atoms with Crippen LogP contribution in [0.25, 0.3) is 0 Å². The summed E-state index contributed by atoms with van der Waals surface area (Å²) in [6.45, 7) is 6.19. The molecule has 1 aliphatic rings. The molecule has 0 aromatic carbocycles. The highest BCUT2D eigenvalue weighted by atomic mass is 16.6. The Morgan fingerprint density at radius 2 is 0.935 bits per heavy atom. The molecule has 0 aromatic rings. The molecule has 11 nitrogen and oxygen atoms in total. The van der Waals surface area contributed by atoms with Crippen LogP contribution in [0.1, 0.15) is 0 Å². The monoisotopic (exact) mass is 456 g/mol. The van der Waals surface area contributed by atoms with E-state index in [0.29, 0.717) is 85.9 Å². The van der Waals surface area contributed by atoms with Gasteiger partial charge in [0.15, 0.2) is 0 Å². The predicted molar refractivity (Wildman–Crippen MR) is 109 cm³/mol. The third kappa shape index (κ3) is 16.8. The molecular weight excluding hydrogens is 416 g/mol. The number of aliphatic hydroxyl groups is 2. The van der Waals surface area contributed by atoms with Gasteiger partial charge in [0.2, 0.25) is 0 Å². The predicted octanol–water partition coefficient (Wildman–Crippen LogP) is -1.13. The number of hydrogen-bond donors (Lipinski definition) is 2. The maximum absolute atomic E-state index is 9.05. The Morgan fingerprint density at radius 1 is 0.516 bits per heavy atom. The lowest BCUT2D eigenvalue weighted by Gasteiger charge is -2.33. The van der Waals surface area contributed by atoms with Gasteiger partial charge in [0.25, 0.3) is 0 Å². The third-order valence-electron chi connectivity index (χ3n) is 4.06. The van der Waals surface area contributed by atoms with Crippen LogP contribution in [-0.2, 0) is 42.6 Å². The quantitative estimate of drug-likeness (QED) is 0.327. The van der Waals surface area contributed by atoms with Crippen LogP contribution in [0.15, 0.2) is 0 Å². The van der Waals surface area contributed by atoms with Gasteiger partial charge in [0, 0.05) is 0 Å². The van der Waals surface area contributed by atoms with E-state index in [1.807, 2.05) is 0 Å². The van der Waals surface area contributed by atoms with Gasteiger partial charge in [-0.05, 0) is 0 Å². The molecule has 0 atom stereocenters. The zero-order valence-electron chi connectivity index (χ0n) is 18.5. The molecule has 31 heavy (non-hydrogen) atoms. The molecule has 0 aromatic heterocycles. The summed E-state index contributed by atoms with van der Waals surface area (Å²) in [5.74, 6) is 0. The fourth-order valence-electron chi connectivity index (χ4n) is 2.57. The summed E-state index contributed by atoms with van der Waals surface area (Å²) in [6.07, 6.45) is 0. The Morgan fingerprint density at radius 3 is 1.45 bits per heavy atom. The maximum atomic E-state index is 9.05. The molecule has 0 saturated carbocycles. The highest BCUT2D eigenvalue weighted by Crippen LogP contribution is 2.15. The molecule has 1 saturated heterocycles. The first-order chi connectivity index (χ1) is 15.3. The van der Waals surface area contributed by atoms with E-state index < -0.39 is 5.60 Å². The SMILES string of the molecule is OCCOCCOCCOC1(COCCO)COCCOCCOCCOCCOC1. The van der Waals surface area contributed by atoms with Crippen LogP contribution in [0.3, 0.4) is 0 Å². The lowest BCUT2D eigenvalue weighted by molar-refractivity contribution is -0.178. The zero-order valence-corrected chi connectivity index (χ0v) is 18.5. The molecular formula is C20H40O11. The number of aliphatic hydroxyl groups excluding tert-OH is 2. The molecule has 1 rings (SSSR count). The van der Waals surface area contributed by atoms with E-state index in [2.05, 4.69) is 0 Å². The first-order valence-electron chi connectivity index (χ1n) is 10.8. The fraction of sp³-hybridized carbons (Fsp3) is 1.00. The van der Waals surface area contributed by atoms with E-state index in [9.17, 15) is 0 Å². The van der Waals surface area contributed by atoms with Crippen molar-refractivity contribution in [3.8, 4) is 0 Å². The molecule has 2 N–H and O–H groups in total. The second-order valence-corrected chi connectivity index (χ2v) is 6.70. The Kier molecular flexibility index (Phi) is 19.7. The number of rotatable bonds is 13. The Labute approximate surface area is 184 Å². The molecule has 1 fully saturated rings. The van der Waals surface area contributed by atoms with Crippen LogP contribution in [0, 0.1) is 0 Å². The van der Waals surface area contributed by atoms with Crippen LogP contribution in [-0.4, -0.2) is 141 Å². The summed E-state index contributed by atoms with van der Waals surface area (Å²) in [7, 11) is 0. The Balaban J connectivity index is 2.51. The van der Waals surface area contributed by atoms with Crippen LogP contribution < -0.4 is 0 Å². The standard InChI is InChI=1S/C20H40O11/c21-1-3-23-5-6-27-15-16-31-20(17-28-4-2-22)18-29-13-11-25-9-7-24-8-10-26-12-14-30-19-20/h21-22H,1-19H2. The van der Waals surface area contributed by atoms with Crippen LogP contribution >= 0.6 is 0 Å². The Bertz CT molecular complexity index is 357. The van der Waals surface area contributed by atoms with Gasteiger partial charge in [-0.1, -0.05) is 0 Å². The minimum atomic E-state index is -0.855. The zero-order chi connectivity index (χ0) is 22.3. The third-order valence-corrected chi connectivity index (χ3v) is 4.06. The molecule has 0 amide bonds. The largest absolute Gasteiger partial charge is 0.394 e. The summed E-state index contributed by atoms with van der Waals surface area (Å²) in [4.78, 5) is 0. The molecule has 0 bridgehead atoms. The smallest absolute Gasteiger partial charge is 0.138 e. The van der Waals surface area contributed by atoms with Crippen molar-refractivity contribution >= 4 is 0 Å². The topological polar surface area (TPSA) is 124 Å². The summed E-state index contributed by atoms with van der Waals surface area (Å²) < 4.78 is 50.2. The molecule has 186 valence electrons. The van der Waals surface area contributed by atoms with Gasteiger partial charge in [-0.3, -0.25) is 0 Å². The van der Waals surface area contributed by atoms with Crippen molar-refractivity contribution < 1.29 is 52.8 Å². The molecule has 11 heteroatoms. The van der Waals surface area contributed by atoms with Gasteiger partial charge in [-0.2, -0.15) is 0 Å². The van der Waals surface area contributed by atoms with Crippen molar-refractivity contribution in [2.75, 3.05) is 126 Å². The van der Waals surface area contributed by atoms with Crippen molar-refractivity contribution in [3.05, 3.63) is 0 Å². The summed E-state index contributed by atoms with van der Waals surface area (Å²) in [6, 6.07) is 0. The van der Waals surface area contributed by atoms with Gasteiger partial charge in [-0.25, -0.2) is 0 Å². The summed E-state index contributed by atoms with van der Waals surface area (Å²) >= 11 is 0. The summed E-state index contributed by atoms with van der Waals surface area (Å²) in [5, 5.41) is 17.7. The lowest BCUT2D eigenvalue weighted by atomic mass is 10.1. The Hall–Kier alpha value is -0.440. The molecule has 0 unspecified atom stereocenters. The van der Waals surface area contributed by atoms with Crippen molar-refractivity contribution in [1.82, 2.24) is 0 Å². The number of ether oxygens (including phenoxy) is 9. The fourth-order valence-corrected chi connectivity index (χ4v) is 2.57. The highest BCUT2D eigenvalue weighted by molar-refractivity contribution is 4.81. The molecule has 1 aliphatic heterocycles. The van der Waals surface area contributed by atoms with E-state index in [-0.39, 0.29) is 39.6 Å². The van der Waals surface area contributed by atoms with Crippen molar-refractivity contribution in [3.63, 3.8) is 0 Å². The average molecular weight is 457 g/mol. The van der Waals surface area contributed by atoms with Crippen LogP contribution in [0.5, 0.6) is 0 Å². The second-order valence-electron chi connectivity index (χ2n) is 6.70. The van der Waals surface area contributed by atoms with Gasteiger partial charge in [-0.15, -0.1) is 0 Å². The molecule has 0 spiro atoms. The van der Waals surface area contributed by atoms with Crippen molar-refractivity contribution in [2.45, 2.75) is 5.60 Å². The maximum Gasteiger partial charge on any atom is 0.138 e.